The SMILES string of the molecule is CCOC(C)(C)[C@H](O)C1C[C@@H](C)C2C(O1)[C@H](O)[C@@]1(C)C3CC[C@H]4C(C)(C)C(O)CCC45CC35CCC21C. The van der Waals surface area contributed by atoms with E-state index in [0.717, 1.165) is 32.1 Å². The smallest absolute Gasteiger partial charge is 0.108 e. The van der Waals surface area contributed by atoms with Gasteiger partial charge in [-0.1, -0.05) is 34.6 Å². The fourth-order valence-electron chi connectivity index (χ4n) is 12.4. The standard InChI is InChI=1S/C32H54O5/c1-9-36-28(5,6)25(34)19-16-18(2)23-24(37-19)26(35)30(8)21-11-10-20-27(3,4)22(33)12-13-31(20)17-32(21,31)15-14-29(23,30)7/h18-26,33-35H,9-17H2,1-8H3/t18-,19?,20+,21?,22?,23?,24?,25-,26+,29?,30-,31?,32?/m1/s1. The van der Waals surface area contributed by atoms with Crippen molar-refractivity contribution < 1.29 is 24.8 Å². The Morgan fingerprint density at radius 1 is 0.973 bits per heavy atom. The van der Waals surface area contributed by atoms with Crippen molar-refractivity contribution in [1.29, 1.82) is 0 Å². The molecule has 6 rings (SSSR count). The minimum absolute atomic E-state index is 0.0228. The molecule has 6 fully saturated rings. The maximum absolute atomic E-state index is 12.3. The minimum atomic E-state index is -0.726. The summed E-state index contributed by atoms with van der Waals surface area (Å²) in [4.78, 5) is 0. The molecule has 13 atom stereocenters. The van der Waals surface area contributed by atoms with Crippen molar-refractivity contribution in [2.24, 2.45) is 50.7 Å². The summed E-state index contributed by atoms with van der Waals surface area (Å²) in [5.74, 6) is 1.77. The summed E-state index contributed by atoms with van der Waals surface area (Å²) in [5.41, 5.74) is -0.211. The van der Waals surface area contributed by atoms with Gasteiger partial charge in [0.1, 0.15) is 6.10 Å². The van der Waals surface area contributed by atoms with E-state index >= 15 is 0 Å². The molecule has 3 N–H and O–H groups in total. The van der Waals surface area contributed by atoms with E-state index in [0.29, 0.717) is 41.1 Å². The third-order valence-electron chi connectivity index (χ3n) is 14.4. The van der Waals surface area contributed by atoms with Crippen LogP contribution in [0.1, 0.15) is 107 Å². The topological polar surface area (TPSA) is 79.2 Å². The fourth-order valence-corrected chi connectivity index (χ4v) is 12.4. The molecule has 0 amide bonds. The highest BCUT2D eigenvalue weighted by Crippen LogP contribution is 2.89. The van der Waals surface area contributed by atoms with Crippen molar-refractivity contribution in [3.8, 4) is 0 Å². The first-order chi connectivity index (χ1) is 17.1. The van der Waals surface area contributed by atoms with Crippen LogP contribution in [0, 0.1) is 50.7 Å². The number of hydrogen-bond donors (Lipinski definition) is 3. The van der Waals surface area contributed by atoms with Crippen LogP contribution in [-0.2, 0) is 9.47 Å². The Labute approximate surface area is 225 Å². The van der Waals surface area contributed by atoms with Gasteiger partial charge in [-0.15, -0.1) is 0 Å². The van der Waals surface area contributed by atoms with Gasteiger partial charge in [-0.05, 0) is 117 Å². The molecule has 0 bridgehead atoms. The summed E-state index contributed by atoms with van der Waals surface area (Å²) in [6.45, 7) is 18.3. The predicted octanol–water partition coefficient (Wildman–Crippen LogP) is 5.34. The highest BCUT2D eigenvalue weighted by molar-refractivity contribution is 5.32. The molecule has 1 aliphatic heterocycles. The molecule has 37 heavy (non-hydrogen) atoms. The molecule has 0 aromatic heterocycles. The van der Waals surface area contributed by atoms with E-state index in [4.69, 9.17) is 9.47 Å². The van der Waals surface area contributed by atoms with Crippen molar-refractivity contribution in [1.82, 2.24) is 0 Å². The highest BCUT2D eigenvalue weighted by Gasteiger charge is 2.84. The second-order valence-corrected chi connectivity index (χ2v) is 16.1. The van der Waals surface area contributed by atoms with Crippen LogP contribution in [0.25, 0.3) is 0 Å². The molecule has 5 nitrogen and oxygen atoms in total. The highest BCUT2D eigenvalue weighted by atomic mass is 16.5. The van der Waals surface area contributed by atoms with E-state index in [-0.39, 0.29) is 34.6 Å². The quantitative estimate of drug-likeness (QED) is 0.468. The van der Waals surface area contributed by atoms with Gasteiger partial charge < -0.3 is 24.8 Å². The first kappa shape index (κ1) is 27.0. The summed E-state index contributed by atoms with van der Waals surface area (Å²) in [7, 11) is 0. The number of rotatable bonds is 4. The Kier molecular flexibility index (Phi) is 5.81. The van der Waals surface area contributed by atoms with E-state index in [1.165, 1.54) is 19.3 Å². The fraction of sp³-hybridized carbons (Fsp3) is 1.00. The van der Waals surface area contributed by atoms with Gasteiger partial charge in [0.05, 0.1) is 30.0 Å². The van der Waals surface area contributed by atoms with E-state index < -0.39 is 17.8 Å². The first-order valence-corrected chi connectivity index (χ1v) is 15.5. The van der Waals surface area contributed by atoms with Crippen molar-refractivity contribution in [2.45, 2.75) is 143 Å². The Morgan fingerprint density at radius 3 is 2.30 bits per heavy atom. The average molecular weight is 519 g/mol. The number of hydrogen-bond acceptors (Lipinski definition) is 5. The predicted molar refractivity (Wildman–Crippen MR) is 144 cm³/mol. The lowest BCUT2D eigenvalue weighted by atomic mass is 9.41. The molecule has 212 valence electrons. The van der Waals surface area contributed by atoms with Crippen LogP contribution in [0.4, 0.5) is 0 Å². The maximum Gasteiger partial charge on any atom is 0.108 e. The zero-order chi connectivity index (χ0) is 27.0. The lowest BCUT2D eigenvalue weighted by molar-refractivity contribution is -0.211. The second kappa shape index (κ2) is 7.96. The monoisotopic (exact) mass is 518 g/mol. The summed E-state index contributed by atoms with van der Waals surface area (Å²) >= 11 is 0. The number of aliphatic hydroxyl groups excluding tert-OH is 3. The van der Waals surface area contributed by atoms with Crippen LogP contribution < -0.4 is 0 Å². The summed E-state index contributed by atoms with van der Waals surface area (Å²) < 4.78 is 12.7. The van der Waals surface area contributed by atoms with Gasteiger partial charge >= 0.3 is 0 Å². The van der Waals surface area contributed by atoms with E-state index in [1.54, 1.807) is 0 Å². The van der Waals surface area contributed by atoms with Crippen LogP contribution in [0.5, 0.6) is 0 Å². The number of ether oxygens (including phenoxy) is 2. The molecular weight excluding hydrogens is 464 g/mol. The number of aliphatic hydroxyl groups is 3. The Hall–Kier alpha value is -0.200. The zero-order valence-electron chi connectivity index (χ0n) is 24.7. The second-order valence-electron chi connectivity index (χ2n) is 16.1. The molecule has 6 aliphatic rings. The van der Waals surface area contributed by atoms with Gasteiger partial charge in [-0.3, -0.25) is 0 Å². The Morgan fingerprint density at radius 2 is 1.62 bits per heavy atom. The molecule has 5 saturated carbocycles. The molecule has 0 aromatic rings. The van der Waals surface area contributed by atoms with Gasteiger partial charge in [0.25, 0.3) is 0 Å². The largest absolute Gasteiger partial charge is 0.393 e. The molecule has 1 saturated heterocycles. The minimum Gasteiger partial charge on any atom is -0.393 e. The van der Waals surface area contributed by atoms with Gasteiger partial charge in [0.15, 0.2) is 0 Å². The molecule has 8 unspecified atom stereocenters. The molecule has 0 radical (unpaired) electrons. The van der Waals surface area contributed by atoms with Crippen molar-refractivity contribution in [2.75, 3.05) is 6.61 Å². The average Bonchev–Trinajstić information content (AvgIpc) is 3.46. The van der Waals surface area contributed by atoms with Gasteiger partial charge in [0, 0.05) is 12.0 Å². The lowest BCUT2D eigenvalue weighted by Crippen LogP contribution is -2.59. The van der Waals surface area contributed by atoms with Crippen molar-refractivity contribution >= 4 is 0 Å². The third kappa shape index (κ3) is 3.05. The lowest BCUT2D eigenvalue weighted by Gasteiger charge is -2.63. The van der Waals surface area contributed by atoms with Crippen molar-refractivity contribution in [3.05, 3.63) is 0 Å². The summed E-state index contributed by atoms with van der Waals surface area (Å²) in [6.07, 6.45) is 6.93. The van der Waals surface area contributed by atoms with E-state index in [9.17, 15) is 15.3 Å². The van der Waals surface area contributed by atoms with Gasteiger partial charge in [-0.25, -0.2) is 0 Å². The van der Waals surface area contributed by atoms with Gasteiger partial charge in [0.2, 0.25) is 0 Å². The molecule has 5 aliphatic carbocycles. The Bertz CT molecular complexity index is 932. The Balaban J connectivity index is 1.33. The molecule has 2 spiro atoms. The maximum atomic E-state index is 12.3. The molecule has 5 heteroatoms. The van der Waals surface area contributed by atoms with Crippen LogP contribution in [0.3, 0.4) is 0 Å². The van der Waals surface area contributed by atoms with Crippen LogP contribution in [-0.4, -0.2) is 58.0 Å². The van der Waals surface area contributed by atoms with E-state index in [2.05, 4.69) is 34.6 Å². The zero-order valence-corrected chi connectivity index (χ0v) is 24.7. The molecular formula is C32H54O5. The van der Waals surface area contributed by atoms with Gasteiger partial charge in [-0.2, -0.15) is 0 Å². The summed E-state index contributed by atoms with van der Waals surface area (Å²) in [6, 6.07) is 0. The van der Waals surface area contributed by atoms with Crippen LogP contribution >= 0.6 is 0 Å². The molecule has 0 aromatic carbocycles. The third-order valence-corrected chi connectivity index (χ3v) is 14.4. The van der Waals surface area contributed by atoms with Crippen LogP contribution in [0.2, 0.25) is 0 Å². The van der Waals surface area contributed by atoms with Crippen LogP contribution in [0.15, 0.2) is 0 Å². The number of fused-ring (bicyclic) bond motifs is 4. The molecule has 1 heterocycles. The normalized spacial score (nSPS) is 56.8. The van der Waals surface area contributed by atoms with E-state index in [1.807, 2.05) is 20.8 Å². The first-order valence-electron chi connectivity index (χ1n) is 15.5. The van der Waals surface area contributed by atoms with Crippen molar-refractivity contribution in [3.63, 3.8) is 0 Å². The summed E-state index contributed by atoms with van der Waals surface area (Å²) in [5, 5.41) is 34.6.